The van der Waals surface area contributed by atoms with Crippen molar-refractivity contribution in [3.63, 3.8) is 0 Å². The van der Waals surface area contributed by atoms with Crippen molar-refractivity contribution >= 4 is 27.5 Å². The van der Waals surface area contributed by atoms with E-state index < -0.39 is 28.5 Å². The number of amides is 2. The topological polar surface area (TPSA) is 96.0 Å². The predicted molar refractivity (Wildman–Crippen MR) is 158 cm³/mol. The lowest BCUT2D eigenvalue weighted by molar-refractivity contribution is -0.140. The molecule has 0 fully saturated rings. The molecule has 0 bridgehead atoms. The van der Waals surface area contributed by atoms with Crippen LogP contribution in [0.25, 0.3) is 0 Å². The fourth-order valence-corrected chi connectivity index (χ4v) is 5.80. The van der Waals surface area contributed by atoms with Gasteiger partial charge in [-0.25, -0.2) is 8.42 Å². The first-order chi connectivity index (χ1) is 19.1. The average Bonchev–Trinajstić information content (AvgIpc) is 2.92. The molecule has 0 spiro atoms. The zero-order valence-corrected chi connectivity index (χ0v) is 24.6. The first kappa shape index (κ1) is 30.7. The zero-order valence-electron chi connectivity index (χ0n) is 23.8. The summed E-state index contributed by atoms with van der Waals surface area (Å²) in [6, 6.07) is 21.7. The Labute approximate surface area is 238 Å². The number of benzene rings is 3. The van der Waals surface area contributed by atoms with Gasteiger partial charge in [-0.2, -0.15) is 0 Å². The van der Waals surface area contributed by atoms with Crippen molar-refractivity contribution in [3.05, 3.63) is 90.0 Å². The van der Waals surface area contributed by atoms with Crippen LogP contribution in [0.5, 0.6) is 5.75 Å². The van der Waals surface area contributed by atoms with Crippen molar-refractivity contribution in [3.8, 4) is 5.75 Å². The van der Waals surface area contributed by atoms with Crippen LogP contribution in [0.15, 0.2) is 83.8 Å². The third-order valence-electron chi connectivity index (χ3n) is 6.33. The van der Waals surface area contributed by atoms with E-state index in [0.29, 0.717) is 18.8 Å². The SMILES string of the molecule is CCOc1ccccc1N(CC(=O)N(Cc1ccccc1)C(CC)C(=O)NC(C)C)S(=O)(=O)c1ccc(C)cc1. The summed E-state index contributed by atoms with van der Waals surface area (Å²) in [6.07, 6.45) is 0.359. The lowest BCUT2D eigenvalue weighted by Crippen LogP contribution is -2.53. The first-order valence-electron chi connectivity index (χ1n) is 13.5. The molecule has 9 heteroatoms. The molecule has 0 aromatic heterocycles. The van der Waals surface area contributed by atoms with Gasteiger partial charge in [-0.1, -0.05) is 67.1 Å². The summed E-state index contributed by atoms with van der Waals surface area (Å²) in [5.41, 5.74) is 1.99. The average molecular weight is 566 g/mol. The van der Waals surface area contributed by atoms with Gasteiger partial charge in [-0.3, -0.25) is 13.9 Å². The van der Waals surface area contributed by atoms with Crippen LogP contribution in [0.3, 0.4) is 0 Å². The summed E-state index contributed by atoms with van der Waals surface area (Å²) in [4.78, 5) is 28.8. The summed E-state index contributed by atoms with van der Waals surface area (Å²) >= 11 is 0. The summed E-state index contributed by atoms with van der Waals surface area (Å²) in [5.74, 6) is -0.450. The van der Waals surface area contributed by atoms with Gasteiger partial charge in [0.1, 0.15) is 18.3 Å². The van der Waals surface area contributed by atoms with Gasteiger partial charge >= 0.3 is 0 Å². The zero-order chi connectivity index (χ0) is 29.3. The number of carbonyl (C=O) groups is 2. The van der Waals surface area contributed by atoms with Crippen LogP contribution in [0, 0.1) is 6.92 Å². The van der Waals surface area contributed by atoms with E-state index in [1.807, 2.05) is 65.0 Å². The van der Waals surface area contributed by atoms with Crippen LogP contribution in [0.1, 0.15) is 45.2 Å². The number of nitrogens with zero attached hydrogens (tertiary/aromatic N) is 2. The smallest absolute Gasteiger partial charge is 0.264 e. The monoisotopic (exact) mass is 565 g/mol. The highest BCUT2D eigenvalue weighted by Gasteiger charge is 2.34. The molecule has 0 heterocycles. The number of anilines is 1. The molecule has 3 aromatic rings. The quantitative estimate of drug-likeness (QED) is 0.317. The van der Waals surface area contributed by atoms with E-state index in [1.54, 1.807) is 36.4 Å². The Kier molecular flexibility index (Phi) is 10.7. The van der Waals surface area contributed by atoms with Gasteiger partial charge in [0.2, 0.25) is 11.8 Å². The molecule has 3 rings (SSSR count). The Balaban J connectivity index is 2.10. The third kappa shape index (κ3) is 7.63. The summed E-state index contributed by atoms with van der Waals surface area (Å²) in [7, 11) is -4.18. The van der Waals surface area contributed by atoms with Crippen LogP contribution < -0.4 is 14.4 Å². The van der Waals surface area contributed by atoms with Crippen molar-refractivity contribution in [1.29, 1.82) is 0 Å². The molecule has 2 amide bonds. The second-order valence-electron chi connectivity index (χ2n) is 9.82. The minimum Gasteiger partial charge on any atom is -0.492 e. The lowest BCUT2D eigenvalue weighted by atomic mass is 10.1. The minimum atomic E-state index is -4.18. The number of ether oxygens (including phenoxy) is 1. The Morgan fingerprint density at radius 3 is 2.12 bits per heavy atom. The number of nitrogens with one attached hydrogen (secondary N) is 1. The van der Waals surface area contributed by atoms with E-state index in [1.165, 1.54) is 17.0 Å². The molecule has 0 saturated heterocycles. The summed E-state index contributed by atoms with van der Waals surface area (Å²) in [6.45, 7) is 9.17. The van der Waals surface area contributed by atoms with E-state index in [0.717, 1.165) is 15.4 Å². The molecule has 1 unspecified atom stereocenters. The molecule has 0 aliphatic rings. The molecule has 40 heavy (non-hydrogen) atoms. The standard InChI is InChI=1S/C31H39N3O5S/c1-6-27(31(36)32-23(3)4)33(21-25-13-9-8-10-14-25)30(35)22-34(28-15-11-12-16-29(28)39-7-2)40(37,38)26-19-17-24(5)18-20-26/h8-20,23,27H,6-7,21-22H2,1-5H3,(H,32,36). The summed E-state index contributed by atoms with van der Waals surface area (Å²) < 4.78 is 35.0. The second kappa shape index (κ2) is 14.0. The van der Waals surface area contributed by atoms with Gasteiger partial charge in [0, 0.05) is 12.6 Å². The van der Waals surface area contributed by atoms with Gasteiger partial charge in [-0.05, 0) is 63.9 Å². The van der Waals surface area contributed by atoms with Gasteiger partial charge in [-0.15, -0.1) is 0 Å². The number of sulfonamides is 1. The molecular weight excluding hydrogens is 526 g/mol. The van der Waals surface area contributed by atoms with E-state index in [-0.39, 0.29) is 29.1 Å². The first-order valence-corrected chi connectivity index (χ1v) is 15.0. The van der Waals surface area contributed by atoms with E-state index in [2.05, 4.69) is 5.32 Å². The number of carbonyl (C=O) groups excluding carboxylic acids is 2. The summed E-state index contributed by atoms with van der Waals surface area (Å²) in [5, 5.41) is 2.90. The van der Waals surface area contributed by atoms with E-state index >= 15 is 0 Å². The normalized spacial score (nSPS) is 12.1. The molecular formula is C31H39N3O5S. The van der Waals surface area contributed by atoms with Crippen molar-refractivity contribution in [2.75, 3.05) is 17.5 Å². The maximum absolute atomic E-state index is 14.1. The van der Waals surface area contributed by atoms with Crippen LogP contribution in [-0.2, 0) is 26.2 Å². The molecule has 8 nitrogen and oxygen atoms in total. The van der Waals surface area contributed by atoms with Gasteiger partial charge in [0.25, 0.3) is 10.0 Å². The van der Waals surface area contributed by atoms with Gasteiger partial charge in [0.15, 0.2) is 0 Å². The van der Waals surface area contributed by atoms with Crippen LogP contribution in [0.2, 0.25) is 0 Å². The molecule has 0 radical (unpaired) electrons. The minimum absolute atomic E-state index is 0.0522. The number of hydrogen-bond donors (Lipinski definition) is 1. The molecule has 1 N–H and O–H groups in total. The molecule has 214 valence electrons. The number of hydrogen-bond acceptors (Lipinski definition) is 5. The van der Waals surface area contributed by atoms with Crippen molar-refractivity contribution < 1.29 is 22.7 Å². The highest BCUT2D eigenvalue weighted by molar-refractivity contribution is 7.92. The lowest BCUT2D eigenvalue weighted by Gasteiger charge is -2.34. The Bertz CT molecular complexity index is 1380. The molecule has 0 aliphatic carbocycles. The maximum Gasteiger partial charge on any atom is 0.264 e. The molecule has 3 aromatic carbocycles. The van der Waals surface area contributed by atoms with Gasteiger partial charge < -0.3 is 15.0 Å². The highest BCUT2D eigenvalue weighted by Crippen LogP contribution is 2.33. The number of para-hydroxylation sites is 2. The largest absolute Gasteiger partial charge is 0.492 e. The molecule has 1 atom stereocenters. The fourth-order valence-electron chi connectivity index (χ4n) is 4.37. The maximum atomic E-state index is 14.1. The Hall–Kier alpha value is -3.85. The van der Waals surface area contributed by atoms with Crippen LogP contribution in [-0.4, -0.2) is 50.4 Å². The van der Waals surface area contributed by atoms with Crippen LogP contribution in [0.4, 0.5) is 5.69 Å². The predicted octanol–water partition coefficient (Wildman–Crippen LogP) is 4.92. The second-order valence-corrected chi connectivity index (χ2v) is 11.7. The van der Waals surface area contributed by atoms with Crippen molar-refractivity contribution in [2.45, 2.75) is 64.6 Å². The van der Waals surface area contributed by atoms with E-state index in [9.17, 15) is 18.0 Å². The highest BCUT2D eigenvalue weighted by atomic mass is 32.2. The van der Waals surface area contributed by atoms with Crippen molar-refractivity contribution in [1.82, 2.24) is 10.2 Å². The van der Waals surface area contributed by atoms with Crippen molar-refractivity contribution in [2.24, 2.45) is 0 Å². The Morgan fingerprint density at radius 1 is 0.900 bits per heavy atom. The third-order valence-corrected chi connectivity index (χ3v) is 8.11. The van der Waals surface area contributed by atoms with Gasteiger partial charge in [0.05, 0.1) is 17.2 Å². The van der Waals surface area contributed by atoms with Crippen LogP contribution >= 0.6 is 0 Å². The van der Waals surface area contributed by atoms with E-state index in [4.69, 9.17) is 4.74 Å². The Morgan fingerprint density at radius 2 is 1.52 bits per heavy atom. The molecule has 0 aliphatic heterocycles. The fraction of sp³-hybridized carbons (Fsp3) is 0.355. The number of aryl methyl sites for hydroxylation is 1. The number of rotatable bonds is 13. The molecule has 0 saturated carbocycles.